The second-order valence-corrected chi connectivity index (χ2v) is 8.18. The summed E-state index contributed by atoms with van der Waals surface area (Å²) in [6.07, 6.45) is 0. The largest absolute Gasteiger partial charge is 0.495 e. The van der Waals surface area contributed by atoms with Gasteiger partial charge >= 0.3 is 0 Å². The fourth-order valence-corrected chi connectivity index (χ4v) is 4.38. The molecule has 2 N–H and O–H groups in total. The van der Waals surface area contributed by atoms with Crippen molar-refractivity contribution < 1.29 is 23.2 Å². The van der Waals surface area contributed by atoms with E-state index < -0.39 is 10.0 Å². The highest BCUT2D eigenvalue weighted by Crippen LogP contribution is 2.27. The van der Waals surface area contributed by atoms with Crippen molar-refractivity contribution in [3.05, 3.63) is 53.6 Å². The number of rotatable bonds is 5. The van der Waals surface area contributed by atoms with E-state index in [-0.39, 0.29) is 16.4 Å². The molecule has 0 atom stereocenters. The Hall–Kier alpha value is -2.62. The smallest absolute Gasteiger partial charge is 0.262 e. The first-order valence-corrected chi connectivity index (χ1v) is 10.3. The number of benzene rings is 2. The number of amides is 1. The van der Waals surface area contributed by atoms with Gasteiger partial charge in [-0.15, -0.1) is 0 Å². The number of piperazine rings is 1. The van der Waals surface area contributed by atoms with Crippen molar-refractivity contribution in [1.82, 2.24) is 9.96 Å². The highest BCUT2D eigenvalue weighted by Gasteiger charge is 2.24. The van der Waals surface area contributed by atoms with Crippen molar-refractivity contribution in [2.45, 2.75) is 11.8 Å². The fourth-order valence-electron chi connectivity index (χ4n) is 3.03. The van der Waals surface area contributed by atoms with E-state index in [0.29, 0.717) is 43.2 Å². The molecule has 2 aromatic rings. The van der Waals surface area contributed by atoms with E-state index in [1.54, 1.807) is 48.2 Å². The Morgan fingerprint density at radius 2 is 1.79 bits per heavy atom. The summed E-state index contributed by atoms with van der Waals surface area (Å²) < 4.78 is 33.6. The Labute approximate surface area is 164 Å². The first kappa shape index (κ1) is 20.1. The van der Waals surface area contributed by atoms with Crippen LogP contribution in [0.5, 0.6) is 5.75 Å². The number of para-hydroxylation sites is 2. The Morgan fingerprint density at radius 1 is 1.11 bits per heavy atom. The predicted octanol–water partition coefficient (Wildman–Crippen LogP) is 1.95. The van der Waals surface area contributed by atoms with Gasteiger partial charge in [-0.25, -0.2) is 8.42 Å². The molecule has 1 fully saturated rings. The number of nitrogens with one attached hydrogen (secondary N) is 1. The normalized spacial score (nSPS) is 15.3. The Bertz CT molecular complexity index is 969. The maximum atomic E-state index is 13.0. The molecule has 1 heterocycles. The van der Waals surface area contributed by atoms with Crippen molar-refractivity contribution in [1.29, 1.82) is 0 Å². The molecule has 28 heavy (non-hydrogen) atoms. The molecular weight excluding hydrogens is 382 g/mol. The minimum atomic E-state index is -3.92. The fraction of sp³-hybridized carbons (Fsp3) is 0.316. The quantitative estimate of drug-likeness (QED) is 0.789. The van der Waals surface area contributed by atoms with Gasteiger partial charge in [0.2, 0.25) is 0 Å². The summed E-state index contributed by atoms with van der Waals surface area (Å²) in [5, 5.41) is 10.6. The number of ether oxygens (including phenoxy) is 1. The van der Waals surface area contributed by atoms with Crippen LogP contribution in [0.1, 0.15) is 15.9 Å². The standard InChI is InChI=1S/C19H23N3O5S/c1-14-7-8-15(19(23)21-9-11-22(24)12-10-21)13-18(14)28(25,26)20-16-5-3-4-6-17(16)27-2/h3-8,13,20,24H,9-12H2,1-2H3. The third-order valence-corrected chi connectivity index (χ3v) is 6.13. The molecule has 0 aliphatic carbocycles. The first-order chi connectivity index (χ1) is 13.3. The van der Waals surface area contributed by atoms with Gasteiger partial charge in [0, 0.05) is 31.7 Å². The molecule has 0 spiro atoms. The maximum absolute atomic E-state index is 13.0. The van der Waals surface area contributed by atoms with Crippen LogP contribution in [-0.2, 0) is 10.0 Å². The van der Waals surface area contributed by atoms with E-state index in [2.05, 4.69) is 4.72 Å². The molecule has 150 valence electrons. The lowest BCUT2D eigenvalue weighted by Gasteiger charge is -2.31. The zero-order chi connectivity index (χ0) is 20.3. The zero-order valence-corrected chi connectivity index (χ0v) is 16.6. The van der Waals surface area contributed by atoms with Gasteiger partial charge in [-0.3, -0.25) is 9.52 Å². The Balaban J connectivity index is 1.89. The number of hydrogen-bond acceptors (Lipinski definition) is 6. The van der Waals surface area contributed by atoms with Gasteiger partial charge in [-0.05, 0) is 36.8 Å². The van der Waals surface area contributed by atoms with E-state index in [1.165, 1.54) is 13.2 Å². The second kappa shape index (κ2) is 8.17. The van der Waals surface area contributed by atoms with Crippen LogP contribution < -0.4 is 9.46 Å². The van der Waals surface area contributed by atoms with Gasteiger partial charge in [-0.1, -0.05) is 18.2 Å². The number of carbonyl (C=O) groups excluding carboxylic acids is 1. The number of hydrogen-bond donors (Lipinski definition) is 2. The number of carbonyl (C=O) groups is 1. The highest BCUT2D eigenvalue weighted by atomic mass is 32.2. The summed E-state index contributed by atoms with van der Waals surface area (Å²) in [6.45, 7) is 3.15. The van der Waals surface area contributed by atoms with Crippen LogP contribution in [0.2, 0.25) is 0 Å². The van der Waals surface area contributed by atoms with Crippen molar-refractivity contribution in [2.24, 2.45) is 0 Å². The monoisotopic (exact) mass is 405 g/mol. The minimum absolute atomic E-state index is 0.0325. The summed E-state index contributed by atoms with van der Waals surface area (Å²) >= 11 is 0. The molecule has 1 amide bonds. The lowest BCUT2D eigenvalue weighted by Crippen LogP contribution is -2.47. The van der Waals surface area contributed by atoms with E-state index >= 15 is 0 Å². The number of nitrogens with zero attached hydrogens (tertiary/aromatic N) is 2. The van der Waals surface area contributed by atoms with Crippen LogP contribution in [0.3, 0.4) is 0 Å². The molecular formula is C19H23N3O5S. The predicted molar refractivity (Wildman–Crippen MR) is 104 cm³/mol. The molecule has 0 radical (unpaired) electrons. The van der Waals surface area contributed by atoms with E-state index in [4.69, 9.17) is 4.74 Å². The molecule has 1 saturated heterocycles. The van der Waals surface area contributed by atoms with E-state index in [1.807, 2.05) is 0 Å². The van der Waals surface area contributed by atoms with Crippen LogP contribution >= 0.6 is 0 Å². The van der Waals surface area contributed by atoms with Crippen LogP contribution in [0.25, 0.3) is 0 Å². The summed E-state index contributed by atoms with van der Waals surface area (Å²) in [4.78, 5) is 14.4. The molecule has 8 nitrogen and oxygen atoms in total. The van der Waals surface area contributed by atoms with Crippen molar-refractivity contribution in [3.8, 4) is 5.75 Å². The molecule has 1 aliphatic heterocycles. The Kier molecular flexibility index (Phi) is 5.87. The zero-order valence-electron chi connectivity index (χ0n) is 15.8. The van der Waals surface area contributed by atoms with Crippen molar-refractivity contribution in [2.75, 3.05) is 38.0 Å². The average molecular weight is 405 g/mol. The first-order valence-electron chi connectivity index (χ1n) is 8.81. The number of methoxy groups -OCH3 is 1. The van der Waals surface area contributed by atoms with Gasteiger partial charge in [0.25, 0.3) is 15.9 Å². The van der Waals surface area contributed by atoms with Crippen molar-refractivity contribution >= 4 is 21.6 Å². The molecule has 1 aliphatic rings. The van der Waals surface area contributed by atoms with Gasteiger partial charge in [-0.2, -0.15) is 5.06 Å². The average Bonchev–Trinajstić information content (AvgIpc) is 2.68. The third kappa shape index (κ3) is 4.27. The summed E-state index contributed by atoms with van der Waals surface area (Å²) in [5.41, 5.74) is 1.14. The summed E-state index contributed by atoms with van der Waals surface area (Å²) in [6, 6.07) is 11.3. The molecule has 0 aromatic heterocycles. The van der Waals surface area contributed by atoms with Gasteiger partial charge in [0.1, 0.15) is 5.75 Å². The minimum Gasteiger partial charge on any atom is -0.495 e. The third-order valence-electron chi connectivity index (χ3n) is 4.62. The van der Waals surface area contributed by atoms with Crippen LogP contribution in [0, 0.1) is 6.92 Å². The van der Waals surface area contributed by atoms with Gasteiger partial charge < -0.3 is 14.8 Å². The van der Waals surface area contributed by atoms with Crippen molar-refractivity contribution in [3.63, 3.8) is 0 Å². The van der Waals surface area contributed by atoms with Crippen LogP contribution in [-0.4, -0.2) is 62.8 Å². The van der Waals surface area contributed by atoms with Crippen LogP contribution in [0.4, 0.5) is 5.69 Å². The molecule has 0 unspecified atom stereocenters. The second-order valence-electron chi connectivity index (χ2n) is 6.53. The van der Waals surface area contributed by atoms with Crippen LogP contribution in [0.15, 0.2) is 47.4 Å². The lowest BCUT2D eigenvalue weighted by atomic mass is 10.1. The molecule has 2 aromatic carbocycles. The molecule has 0 bridgehead atoms. The molecule has 9 heteroatoms. The number of anilines is 1. The highest BCUT2D eigenvalue weighted by molar-refractivity contribution is 7.92. The number of hydroxylamine groups is 2. The molecule has 3 rings (SSSR count). The SMILES string of the molecule is COc1ccccc1NS(=O)(=O)c1cc(C(=O)N2CCN(O)CC2)ccc1C. The lowest BCUT2D eigenvalue weighted by molar-refractivity contribution is -0.112. The number of aryl methyl sites for hydroxylation is 1. The van der Waals surface area contributed by atoms with Gasteiger partial charge in [0.05, 0.1) is 17.7 Å². The Morgan fingerprint density at radius 3 is 2.46 bits per heavy atom. The topological polar surface area (TPSA) is 99.2 Å². The summed E-state index contributed by atoms with van der Waals surface area (Å²) in [5.74, 6) is 0.139. The van der Waals surface area contributed by atoms with E-state index in [9.17, 15) is 18.4 Å². The maximum Gasteiger partial charge on any atom is 0.262 e. The van der Waals surface area contributed by atoms with E-state index in [0.717, 1.165) is 5.06 Å². The molecule has 0 saturated carbocycles. The summed E-state index contributed by atoms with van der Waals surface area (Å²) in [7, 11) is -2.46. The number of sulfonamides is 1. The van der Waals surface area contributed by atoms with Gasteiger partial charge in [0.15, 0.2) is 0 Å².